The molecule has 0 bridgehead atoms. The van der Waals surface area contributed by atoms with E-state index in [1.54, 1.807) is 12.4 Å². The largest absolute Gasteiger partial charge is 0.368 e. The number of aromatic nitrogens is 4. The number of fused-ring (bicyclic) bond motifs is 1. The average Bonchev–Trinajstić information content (AvgIpc) is 2.37. The summed E-state index contributed by atoms with van der Waals surface area (Å²) in [5, 5.41) is 2.00. The summed E-state index contributed by atoms with van der Waals surface area (Å²) in [6.45, 7) is 0. The zero-order valence-electron chi connectivity index (χ0n) is 9.41. The number of benzene rings is 1. The van der Waals surface area contributed by atoms with E-state index < -0.39 is 0 Å². The van der Waals surface area contributed by atoms with Crippen LogP contribution in [0.4, 0.5) is 11.9 Å². The van der Waals surface area contributed by atoms with Crippen LogP contribution in [0.25, 0.3) is 22.2 Å². The van der Waals surface area contributed by atoms with E-state index in [1.165, 1.54) is 0 Å². The van der Waals surface area contributed by atoms with Crippen LogP contribution in [0.1, 0.15) is 0 Å². The Balaban J connectivity index is 2.31. The maximum Gasteiger partial charge on any atom is 0.225 e. The van der Waals surface area contributed by atoms with Gasteiger partial charge in [-0.2, -0.15) is 15.0 Å². The molecular formula is C12H10N6. The smallest absolute Gasteiger partial charge is 0.225 e. The van der Waals surface area contributed by atoms with Gasteiger partial charge in [0.1, 0.15) is 0 Å². The van der Waals surface area contributed by atoms with Gasteiger partial charge in [-0.3, -0.25) is 4.98 Å². The third kappa shape index (κ3) is 1.69. The van der Waals surface area contributed by atoms with Gasteiger partial charge in [-0.1, -0.05) is 18.2 Å². The van der Waals surface area contributed by atoms with Gasteiger partial charge in [-0.15, -0.1) is 0 Å². The first kappa shape index (κ1) is 10.4. The normalized spacial score (nSPS) is 10.7. The molecule has 0 saturated heterocycles. The van der Waals surface area contributed by atoms with Crippen molar-refractivity contribution in [3.63, 3.8) is 0 Å². The highest BCUT2D eigenvalue weighted by molar-refractivity contribution is 5.94. The van der Waals surface area contributed by atoms with Crippen LogP contribution in [0.2, 0.25) is 0 Å². The van der Waals surface area contributed by atoms with Gasteiger partial charge in [0.2, 0.25) is 11.9 Å². The molecule has 0 radical (unpaired) electrons. The van der Waals surface area contributed by atoms with Crippen molar-refractivity contribution in [3.05, 3.63) is 36.7 Å². The Bertz CT molecular complexity index is 699. The number of hydrogen-bond donors (Lipinski definition) is 2. The summed E-state index contributed by atoms with van der Waals surface area (Å²) in [5.74, 6) is 0.698. The molecule has 0 atom stereocenters. The molecular weight excluding hydrogens is 228 g/mol. The first-order chi connectivity index (χ1) is 8.74. The fraction of sp³-hybridized carbons (Fsp3) is 0. The summed E-state index contributed by atoms with van der Waals surface area (Å²) in [5.41, 5.74) is 12.0. The standard InChI is InChI=1S/C12H10N6/c13-11-16-10(17-12(14)18-11)9-3-1-2-7-6-15-5-4-8(7)9/h1-6H,(H4,13,14,16,17,18). The van der Waals surface area contributed by atoms with E-state index >= 15 is 0 Å². The molecule has 6 heteroatoms. The highest BCUT2D eigenvalue weighted by Gasteiger charge is 2.08. The molecule has 3 rings (SSSR count). The lowest BCUT2D eigenvalue weighted by Gasteiger charge is -2.05. The molecule has 0 aliphatic carbocycles. The van der Waals surface area contributed by atoms with Gasteiger partial charge in [0.15, 0.2) is 5.82 Å². The SMILES string of the molecule is Nc1nc(N)nc(-c2cccc3cnccc23)n1. The van der Waals surface area contributed by atoms with Crippen molar-refractivity contribution in [1.82, 2.24) is 19.9 Å². The lowest BCUT2D eigenvalue weighted by Crippen LogP contribution is -2.04. The van der Waals surface area contributed by atoms with Crippen molar-refractivity contribution in [3.8, 4) is 11.4 Å². The van der Waals surface area contributed by atoms with E-state index in [4.69, 9.17) is 11.5 Å². The van der Waals surface area contributed by atoms with Crippen molar-refractivity contribution in [2.45, 2.75) is 0 Å². The van der Waals surface area contributed by atoms with Gasteiger partial charge < -0.3 is 11.5 Å². The minimum atomic E-state index is 0.114. The van der Waals surface area contributed by atoms with Crippen LogP contribution >= 0.6 is 0 Å². The van der Waals surface area contributed by atoms with Crippen LogP contribution in [0.5, 0.6) is 0 Å². The second-order valence-corrected chi connectivity index (χ2v) is 3.78. The van der Waals surface area contributed by atoms with Gasteiger partial charge in [-0.25, -0.2) is 0 Å². The molecule has 3 aromatic rings. The lowest BCUT2D eigenvalue weighted by molar-refractivity contribution is 1.09. The van der Waals surface area contributed by atoms with Crippen LogP contribution in [0, 0.1) is 0 Å². The summed E-state index contributed by atoms with van der Waals surface area (Å²) in [6, 6.07) is 7.70. The molecule has 0 aliphatic heterocycles. The molecule has 0 aliphatic rings. The predicted octanol–water partition coefficient (Wildman–Crippen LogP) is 1.25. The van der Waals surface area contributed by atoms with E-state index in [1.807, 2.05) is 24.3 Å². The van der Waals surface area contributed by atoms with Gasteiger partial charge in [0.05, 0.1) is 0 Å². The molecule has 0 saturated carbocycles. The van der Waals surface area contributed by atoms with Crippen LogP contribution in [-0.4, -0.2) is 19.9 Å². The molecule has 2 aromatic heterocycles. The van der Waals surface area contributed by atoms with Crippen molar-refractivity contribution in [1.29, 1.82) is 0 Å². The Hall–Kier alpha value is -2.76. The van der Waals surface area contributed by atoms with Crippen molar-refractivity contribution >= 4 is 22.7 Å². The number of nitrogen functional groups attached to an aromatic ring is 2. The van der Waals surface area contributed by atoms with Gasteiger partial charge in [0.25, 0.3) is 0 Å². The Kier molecular flexibility index (Phi) is 2.26. The van der Waals surface area contributed by atoms with Crippen LogP contribution in [0.15, 0.2) is 36.7 Å². The van der Waals surface area contributed by atoms with Crippen LogP contribution < -0.4 is 11.5 Å². The quantitative estimate of drug-likeness (QED) is 0.661. The van der Waals surface area contributed by atoms with E-state index in [-0.39, 0.29) is 11.9 Å². The Morgan fingerprint density at radius 1 is 0.889 bits per heavy atom. The predicted molar refractivity (Wildman–Crippen MR) is 69.4 cm³/mol. The summed E-state index contributed by atoms with van der Waals surface area (Å²) >= 11 is 0. The minimum Gasteiger partial charge on any atom is -0.368 e. The summed E-state index contributed by atoms with van der Waals surface area (Å²) in [7, 11) is 0. The Labute approximate surface area is 103 Å². The molecule has 0 fully saturated rings. The average molecular weight is 238 g/mol. The molecule has 6 nitrogen and oxygen atoms in total. The number of nitrogens with zero attached hydrogens (tertiary/aromatic N) is 4. The van der Waals surface area contributed by atoms with Gasteiger partial charge >= 0.3 is 0 Å². The van der Waals surface area contributed by atoms with E-state index in [0.717, 1.165) is 16.3 Å². The topological polar surface area (TPSA) is 104 Å². The first-order valence-electron chi connectivity index (χ1n) is 5.34. The first-order valence-corrected chi connectivity index (χ1v) is 5.34. The number of rotatable bonds is 1. The number of pyridine rings is 1. The molecule has 4 N–H and O–H groups in total. The van der Waals surface area contributed by atoms with Crippen LogP contribution in [0.3, 0.4) is 0 Å². The summed E-state index contributed by atoms with van der Waals surface area (Å²) in [4.78, 5) is 16.1. The Morgan fingerprint density at radius 2 is 1.67 bits per heavy atom. The van der Waals surface area contributed by atoms with E-state index in [2.05, 4.69) is 19.9 Å². The van der Waals surface area contributed by atoms with Crippen molar-refractivity contribution in [2.75, 3.05) is 11.5 Å². The second kappa shape index (κ2) is 3.92. The third-order valence-corrected chi connectivity index (χ3v) is 2.59. The highest BCUT2D eigenvalue weighted by atomic mass is 15.1. The minimum absolute atomic E-state index is 0.114. The van der Waals surface area contributed by atoms with Gasteiger partial charge in [0, 0.05) is 23.3 Å². The van der Waals surface area contributed by atoms with E-state index in [9.17, 15) is 0 Å². The zero-order valence-corrected chi connectivity index (χ0v) is 9.41. The number of anilines is 2. The molecule has 0 amide bonds. The molecule has 88 valence electrons. The third-order valence-electron chi connectivity index (χ3n) is 2.59. The van der Waals surface area contributed by atoms with Crippen molar-refractivity contribution in [2.24, 2.45) is 0 Å². The highest BCUT2D eigenvalue weighted by Crippen LogP contribution is 2.25. The van der Waals surface area contributed by atoms with Gasteiger partial charge in [-0.05, 0) is 11.5 Å². The monoisotopic (exact) mass is 238 g/mol. The number of nitrogens with two attached hydrogens (primary N) is 2. The Morgan fingerprint density at radius 3 is 2.44 bits per heavy atom. The molecule has 2 heterocycles. The molecule has 1 aromatic carbocycles. The maximum atomic E-state index is 5.59. The van der Waals surface area contributed by atoms with Crippen LogP contribution in [-0.2, 0) is 0 Å². The fourth-order valence-electron chi connectivity index (χ4n) is 1.85. The lowest BCUT2D eigenvalue weighted by atomic mass is 10.1. The summed E-state index contributed by atoms with van der Waals surface area (Å²) < 4.78 is 0. The maximum absolute atomic E-state index is 5.59. The molecule has 18 heavy (non-hydrogen) atoms. The zero-order chi connectivity index (χ0) is 12.5. The fourth-order valence-corrected chi connectivity index (χ4v) is 1.85. The van der Waals surface area contributed by atoms with Crippen molar-refractivity contribution < 1.29 is 0 Å². The molecule has 0 spiro atoms. The molecule has 0 unspecified atom stereocenters. The second-order valence-electron chi connectivity index (χ2n) is 3.78. The van der Waals surface area contributed by atoms with E-state index in [0.29, 0.717) is 5.82 Å². The summed E-state index contributed by atoms with van der Waals surface area (Å²) in [6.07, 6.45) is 3.51. The number of hydrogen-bond acceptors (Lipinski definition) is 6.